The van der Waals surface area contributed by atoms with E-state index < -0.39 is 4.92 Å². The summed E-state index contributed by atoms with van der Waals surface area (Å²) in [5, 5.41) is 17.8. The van der Waals surface area contributed by atoms with E-state index >= 15 is 0 Å². The van der Waals surface area contributed by atoms with Crippen LogP contribution in [0.5, 0.6) is 0 Å². The van der Waals surface area contributed by atoms with Gasteiger partial charge in [0.05, 0.1) is 4.92 Å². The van der Waals surface area contributed by atoms with Crippen molar-refractivity contribution in [3.05, 3.63) is 50.4 Å². The number of hydrogen-bond acceptors (Lipinski definition) is 5. The Labute approximate surface area is 119 Å². The molecule has 0 fully saturated rings. The van der Waals surface area contributed by atoms with Gasteiger partial charge in [-0.25, -0.2) is 9.89 Å². The highest BCUT2D eigenvalue weighted by atomic mass is 32.2. The minimum Gasteiger partial charge on any atom is -0.270 e. The van der Waals surface area contributed by atoms with Gasteiger partial charge >= 0.3 is 5.69 Å². The molecule has 7 nitrogen and oxygen atoms in total. The third-order valence-corrected chi connectivity index (χ3v) is 3.74. The zero-order valence-corrected chi connectivity index (χ0v) is 11.7. The first-order valence-electron chi connectivity index (χ1n) is 6.13. The number of para-hydroxylation sites is 1. The van der Waals surface area contributed by atoms with E-state index in [9.17, 15) is 14.9 Å². The summed E-state index contributed by atoms with van der Waals surface area (Å²) in [6.45, 7) is 2.55. The molecule has 2 aromatic rings. The number of H-pyrrole nitrogens is 1. The van der Waals surface area contributed by atoms with Gasteiger partial charge in [-0.3, -0.25) is 14.7 Å². The number of nitro benzene ring substituents is 1. The minimum absolute atomic E-state index is 0.0833. The number of nitrogens with one attached hydrogen (secondary N) is 1. The lowest BCUT2D eigenvalue weighted by atomic mass is 10.2. The molecule has 0 aliphatic heterocycles. The zero-order chi connectivity index (χ0) is 14.5. The van der Waals surface area contributed by atoms with Gasteiger partial charge in [-0.05, 0) is 6.42 Å². The Hall–Kier alpha value is -2.09. The van der Waals surface area contributed by atoms with Gasteiger partial charge in [-0.1, -0.05) is 36.9 Å². The second-order valence-electron chi connectivity index (χ2n) is 4.14. The molecule has 20 heavy (non-hydrogen) atoms. The van der Waals surface area contributed by atoms with Gasteiger partial charge in [0.2, 0.25) is 0 Å². The molecule has 0 bridgehead atoms. The molecule has 8 heteroatoms. The molecular weight excluding hydrogens is 280 g/mol. The van der Waals surface area contributed by atoms with E-state index in [1.54, 1.807) is 22.8 Å². The van der Waals surface area contributed by atoms with Crippen molar-refractivity contribution in [2.45, 2.75) is 30.8 Å². The van der Waals surface area contributed by atoms with Crippen LogP contribution < -0.4 is 5.69 Å². The maximum atomic E-state index is 11.5. The first-order chi connectivity index (χ1) is 9.63. The summed E-state index contributed by atoms with van der Waals surface area (Å²) in [7, 11) is 0. The molecule has 0 saturated carbocycles. The van der Waals surface area contributed by atoms with Crippen LogP contribution in [-0.2, 0) is 12.3 Å². The average molecular weight is 294 g/mol. The second kappa shape index (κ2) is 6.38. The van der Waals surface area contributed by atoms with E-state index in [-0.39, 0.29) is 11.4 Å². The van der Waals surface area contributed by atoms with E-state index in [0.717, 1.165) is 6.42 Å². The Morgan fingerprint density at radius 2 is 2.20 bits per heavy atom. The van der Waals surface area contributed by atoms with Crippen molar-refractivity contribution in [3.8, 4) is 0 Å². The van der Waals surface area contributed by atoms with Crippen LogP contribution >= 0.6 is 11.8 Å². The standard InChI is InChI=1S/C12H14N4O3S/c1-2-7-15-11(17)13-14-12(15)20-8-9-5-3-4-6-10(9)16(18)19/h3-6H,2,7-8H2,1H3,(H,13,17). The Bertz CT molecular complexity index is 665. The third-order valence-electron chi connectivity index (χ3n) is 2.72. The van der Waals surface area contributed by atoms with Crippen LogP contribution in [0.1, 0.15) is 18.9 Å². The van der Waals surface area contributed by atoms with Crippen LogP contribution in [0.2, 0.25) is 0 Å². The van der Waals surface area contributed by atoms with E-state index in [2.05, 4.69) is 10.2 Å². The fourth-order valence-corrected chi connectivity index (χ4v) is 2.76. The van der Waals surface area contributed by atoms with Crippen LogP contribution in [0.15, 0.2) is 34.2 Å². The molecule has 0 atom stereocenters. The highest BCUT2D eigenvalue weighted by Gasteiger charge is 2.14. The molecule has 0 aliphatic carbocycles. The SMILES string of the molecule is CCCn1c(SCc2ccccc2[N+](=O)[O-])n[nH]c1=O. The Balaban J connectivity index is 2.17. The summed E-state index contributed by atoms with van der Waals surface area (Å²) < 4.78 is 1.54. The number of nitrogens with zero attached hydrogens (tertiary/aromatic N) is 3. The normalized spacial score (nSPS) is 10.7. The van der Waals surface area contributed by atoms with Gasteiger partial charge in [-0.15, -0.1) is 5.10 Å². The Morgan fingerprint density at radius 1 is 1.45 bits per heavy atom. The topological polar surface area (TPSA) is 93.8 Å². The van der Waals surface area contributed by atoms with Gasteiger partial charge in [0.25, 0.3) is 5.69 Å². The predicted octanol–water partition coefficient (Wildman–Crippen LogP) is 2.18. The molecule has 1 N–H and O–H groups in total. The van der Waals surface area contributed by atoms with Gasteiger partial charge < -0.3 is 0 Å². The quantitative estimate of drug-likeness (QED) is 0.500. The van der Waals surface area contributed by atoms with E-state index in [1.807, 2.05) is 6.92 Å². The smallest absolute Gasteiger partial charge is 0.270 e. The highest BCUT2D eigenvalue weighted by Crippen LogP contribution is 2.26. The molecule has 106 valence electrons. The summed E-state index contributed by atoms with van der Waals surface area (Å²) in [6, 6.07) is 6.57. The summed E-state index contributed by atoms with van der Waals surface area (Å²) in [6.07, 6.45) is 0.818. The first-order valence-corrected chi connectivity index (χ1v) is 7.12. The number of hydrogen-bond donors (Lipinski definition) is 1. The number of benzene rings is 1. The molecule has 2 rings (SSSR count). The molecule has 1 heterocycles. The molecule has 0 radical (unpaired) electrons. The molecule has 0 spiro atoms. The largest absolute Gasteiger partial charge is 0.343 e. The molecule has 0 unspecified atom stereocenters. The maximum Gasteiger partial charge on any atom is 0.343 e. The molecule has 0 saturated heterocycles. The monoisotopic (exact) mass is 294 g/mol. The fourth-order valence-electron chi connectivity index (χ4n) is 1.79. The highest BCUT2D eigenvalue weighted by molar-refractivity contribution is 7.98. The zero-order valence-electron chi connectivity index (χ0n) is 10.9. The summed E-state index contributed by atoms with van der Waals surface area (Å²) in [4.78, 5) is 22.1. The minimum atomic E-state index is -0.403. The lowest BCUT2D eigenvalue weighted by molar-refractivity contribution is -0.385. The third kappa shape index (κ3) is 3.08. The van der Waals surface area contributed by atoms with Crippen LogP contribution in [0.25, 0.3) is 0 Å². The van der Waals surface area contributed by atoms with Gasteiger partial charge in [0, 0.05) is 23.9 Å². The molecular formula is C12H14N4O3S. The predicted molar refractivity (Wildman–Crippen MR) is 75.8 cm³/mol. The lowest BCUT2D eigenvalue weighted by Crippen LogP contribution is -2.17. The fraction of sp³-hybridized carbons (Fsp3) is 0.333. The lowest BCUT2D eigenvalue weighted by Gasteiger charge is -2.04. The summed E-state index contributed by atoms with van der Waals surface area (Å²) in [5.74, 6) is 0.394. The van der Waals surface area contributed by atoms with Crippen molar-refractivity contribution >= 4 is 17.4 Å². The molecule has 1 aromatic carbocycles. The number of nitro groups is 1. The second-order valence-corrected chi connectivity index (χ2v) is 5.08. The number of aromatic nitrogens is 3. The van der Waals surface area contributed by atoms with E-state index in [1.165, 1.54) is 17.8 Å². The molecule has 1 aromatic heterocycles. The van der Waals surface area contributed by atoms with Crippen molar-refractivity contribution in [3.63, 3.8) is 0 Å². The Morgan fingerprint density at radius 3 is 2.90 bits per heavy atom. The van der Waals surface area contributed by atoms with Gasteiger partial charge in [0.15, 0.2) is 5.16 Å². The van der Waals surface area contributed by atoms with E-state index in [0.29, 0.717) is 23.0 Å². The van der Waals surface area contributed by atoms with Crippen molar-refractivity contribution < 1.29 is 4.92 Å². The number of aromatic amines is 1. The molecule has 0 aliphatic rings. The Kier molecular flexibility index (Phi) is 4.57. The van der Waals surface area contributed by atoms with Crippen LogP contribution in [0.4, 0.5) is 5.69 Å². The van der Waals surface area contributed by atoms with Crippen molar-refractivity contribution in [2.75, 3.05) is 0 Å². The number of rotatable bonds is 6. The van der Waals surface area contributed by atoms with Gasteiger partial charge in [0.1, 0.15) is 0 Å². The van der Waals surface area contributed by atoms with Crippen LogP contribution in [0.3, 0.4) is 0 Å². The van der Waals surface area contributed by atoms with Crippen molar-refractivity contribution in [1.82, 2.24) is 14.8 Å². The van der Waals surface area contributed by atoms with Crippen LogP contribution in [0, 0.1) is 10.1 Å². The average Bonchev–Trinajstić information content (AvgIpc) is 2.78. The van der Waals surface area contributed by atoms with Crippen molar-refractivity contribution in [2.24, 2.45) is 0 Å². The number of thioether (sulfide) groups is 1. The van der Waals surface area contributed by atoms with E-state index in [4.69, 9.17) is 0 Å². The maximum absolute atomic E-state index is 11.5. The first kappa shape index (κ1) is 14.3. The van der Waals surface area contributed by atoms with Crippen LogP contribution in [-0.4, -0.2) is 19.7 Å². The summed E-state index contributed by atoms with van der Waals surface area (Å²) in [5.41, 5.74) is 0.442. The molecule has 0 amide bonds. The van der Waals surface area contributed by atoms with Gasteiger partial charge in [-0.2, -0.15) is 0 Å². The van der Waals surface area contributed by atoms with Crippen molar-refractivity contribution in [1.29, 1.82) is 0 Å². The summed E-state index contributed by atoms with van der Waals surface area (Å²) >= 11 is 1.31.